The molecule has 5 nitrogen and oxygen atoms in total. The van der Waals surface area contributed by atoms with E-state index in [1.807, 2.05) is 4.57 Å². The fourth-order valence-corrected chi connectivity index (χ4v) is 3.94. The third kappa shape index (κ3) is 3.29. The molecule has 0 aliphatic rings. The summed E-state index contributed by atoms with van der Waals surface area (Å²) in [6.45, 7) is 7.11. The highest BCUT2D eigenvalue weighted by Gasteiger charge is 2.18. The van der Waals surface area contributed by atoms with Crippen LogP contribution in [0.3, 0.4) is 0 Å². The number of thiophene rings is 1. The van der Waals surface area contributed by atoms with Gasteiger partial charge in [0.2, 0.25) is 0 Å². The van der Waals surface area contributed by atoms with Gasteiger partial charge in [-0.05, 0) is 25.8 Å². The minimum Gasteiger partial charge on any atom is -0.468 e. The number of aryl methyl sites for hydroxylation is 1. The molecule has 0 fully saturated rings. The number of rotatable bonds is 6. The van der Waals surface area contributed by atoms with Gasteiger partial charge in [-0.3, -0.25) is 4.79 Å². The van der Waals surface area contributed by atoms with Gasteiger partial charge in [0, 0.05) is 22.4 Å². The molecular weight excluding hydrogens is 306 g/mol. The van der Waals surface area contributed by atoms with Crippen LogP contribution in [0.5, 0.6) is 0 Å². The molecule has 21 heavy (non-hydrogen) atoms. The third-order valence-corrected chi connectivity index (χ3v) is 5.17. The van der Waals surface area contributed by atoms with Crippen molar-refractivity contribution in [3.63, 3.8) is 0 Å². The quantitative estimate of drug-likeness (QED) is 0.603. The van der Waals surface area contributed by atoms with Gasteiger partial charge < -0.3 is 9.30 Å². The molecule has 0 aliphatic heterocycles. The van der Waals surface area contributed by atoms with E-state index in [4.69, 9.17) is 0 Å². The molecule has 0 amide bonds. The van der Waals surface area contributed by atoms with Crippen molar-refractivity contribution in [2.75, 3.05) is 12.9 Å². The zero-order valence-corrected chi connectivity index (χ0v) is 14.3. The number of nitrogens with zero attached hydrogens (tertiary/aromatic N) is 3. The Morgan fingerprint density at radius 3 is 2.81 bits per heavy atom. The summed E-state index contributed by atoms with van der Waals surface area (Å²) in [5.41, 5.74) is 2.48. The number of esters is 1. The topological polar surface area (TPSA) is 57.0 Å². The Labute approximate surface area is 132 Å². The van der Waals surface area contributed by atoms with E-state index in [0.717, 1.165) is 29.5 Å². The second-order valence-electron chi connectivity index (χ2n) is 4.45. The van der Waals surface area contributed by atoms with E-state index in [1.54, 1.807) is 11.3 Å². The normalized spacial score (nSPS) is 10.9. The molecule has 0 atom stereocenters. The van der Waals surface area contributed by atoms with Gasteiger partial charge in [-0.2, -0.15) is 0 Å². The lowest BCUT2D eigenvalue weighted by Crippen LogP contribution is -2.06. The van der Waals surface area contributed by atoms with Crippen molar-refractivity contribution in [3.05, 3.63) is 15.8 Å². The molecule has 0 N–H and O–H groups in total. The molecule has 2 rings (SSSR count). The lowest BCUT2D eigenvalue weighted by Gasteiger charge is -2.07. The van der Waals surface area contributed by atoms with E-state index in [-0.39, 0.29) is 11.7 Å². The lowest BCUT2D eigenvalue weighted by atomic mass is 10.1. The van der Waals surface area contributed by atoms with Crippen LogP contribution in [0.4, 0.5) is 0 Å². The van der Waals surface area contributed by atoms with Gasteiger partial charge in [-0.15, -0.1) is 21.5 Å². The highest BCUT2D eigenvalue weighted by atomic mass is 32.2. The van der Waals surface area contributed by atoms with Gasteiger partial charge >= 0.3 is 5.97 Å². The molecule has 0 saturated carbocycles. The van der Waals surface area contributed by atoms with Crippen LogP contribution in [-0.4, -0.2) is 33.6 Å². The Morgan fingerprint density at radius 2 is 2.19 bits per heavy atom. The minimum atomic E-state index is -0.257. The van der Waals surface area contributed by atoms with Gasteiger partial charge in [0.25, 0.3) is 0 Å². The molecule has 7 heteroatoms. The lowest BCUT2D eigenvalue weighted by molar-refractivity contribution is -0.137. The van der Waals surface area contributed by atoms with Crippen LogP contribution in [0.15, 0.2) is 10.5 Å². The number of thioether (sulfide) groups is 1. The number of carbonyl (C=O) groups is 1. The smallest absolute Gasteiger partial charge is 0.316 e. The van der Waals surface area contributed by atoms with Crippen molar-refractivity contribution in [3.8, 4) is 11.4 Å². The van der Waals surface area contributed by atoms with Crippen molar-refractivity contribution in [2.45, 2.75) is 38.9 Å². The summed E-state index contributed by atoms with van der Waals surface area (Å²) in [6, 6.07) is 0. The molecule has 0 aromatic carbocycles. The van der Waals surface area contributed by atoms with Crippen molar-refractivity contribution in [2.24, 2.45) is 0 Å². The Balaban J connectivity index is 2.33. The predicted molar refractivity (Wildman–Crippen MR) is 85.9 cm³/mol. The molecular formula is C14H19N3O2S2. The summed E-state index contributed by atoms with van der Waals surface area (Å²) in [6.07, 6.45) is 0.978. The molecule has 2 aromatic heterocycles. The largest absolute Gasteiger partial charge is 0.468 e. The highest BCUT2D eigenvalue weighted by molar-refractivity contribution is 7.99. The minimum absolute atomic E-state index is 0.248. The second kappa shape index (κ2) is 7.09. The molecule has 0 spiro atoms. The summed E-state index contributed by atoms with van der Waals surface area (Å²) in [4.78, 5) is 12.6. The van der Waals surface area contributed by atoms with Crippen molar-refractivity contribution >= 4 is 29.1 Å². The maximum absolute atomic E-state index is 11.3. The van der Waals surface area contributed by atoms with Crippen molar-refractivity contribution < 1.29 is 9.53 Å². The van der Waals surface area contributed by atoms with E-state index in [9.17, 15) is 4.79 Å². The maximum atomic E-state index is 11.3. The summed E-state index contributed by atoms with van der Waals surface area (Å²) < 4.78 is 6.71. The Bertz CT molecular complexity index is 634. The van der Waals surface area contributed by atoms with Gasteiger partial charge in [-0.1, -0.05) is 18.7 Å². The average molecular weight is 325 g/mol. The Hall–Kier alpha value is -1.34. The fraction of sp³-hybridized carbons (Fsp3) is 0.500. The first kappa shape index (κ1) is 16.0. The van der Waals surface area contributed by atoms with E-state index >= 15 is 0 Å². The molecule has 2 aromatic rings. The van der Waals surface area contributed by atoms with Gasteiger partial charge in [-0.25, -0.2) is 0 Å². The zero-order valence-electron chi connectivity index (χ0n) is 12.7. The number of carbonyl (C=O) groups excluding carboxylic acids is 1. The van der Waals surface area contributed by atoms with Gasteiger partial charge in [0.1, 0.15) is 0 Å². The number of hydrogen-bond donors (Lipinski definition) is 0. The summed E-state index contributed by atoms with van der Waals surface area (Å²) >= 11 is 3.10. The van der Waals surface area contributed by atoms with Crippen LogP contribution in [0.25, 0.3) is 11.4 Å². The van der Waals surface area contributed by atoms with Crippen LogP contribution in [-0.2, 0) is 22.5 Å². The van der Waals surface area contributed by atoms with Crippen molar-refractivity contribution in [1.29, 1.82) is 0 Å². The first-order valence-corrected chi connectivity index (χ1v) is 8.69. The van der Waals surface area contributed by atoms with Crippen LogP contribution in [0.2, 0.25) is 0 Å². The van der Waals surface area contributed by atoms with E-state index in [2.05, 4.69) is 41.1 Å². The van der Waals surface area contributed by atoms with E-state index < -0.39 is 0 Å². The monoisotopic (exact) mass is 325 g/mol. The number of ether oxygens (including phenoxy) is 1. The van der Waals surface area contributed by atoms with Crippen LogP contribution >= 0.6 is 23.1 Å². The molecule has 0 unspecified atom stereocenters. The summed E-state index contributed by atoms with van der Waals surface area (Å²) in [7, 11) is 1.39. The highest BCUT2D eigenvalue weighted by Crippen LogP contribution is 2.32. The van der Waals surface area contributed by atoms with E-state index in [0.29, 0.717) is 0 Å². The van der Waals surface area contributed by atoms with Gasteiger partial charge in [0.05, 0.1) is 12.9 Å². The van der Waals surface area contributed by atoms with Gasteiger partial charge in [0.15, 0.2) is 11.0 Å². The van der Waals surface area contributed by atoms with E-state index in [1.165, 1.54) is 29.3 Å². The summed E-state index contributed by atoms with van der Waals surface area (Å²) in [5, 5.41) is 11.4. The number of hydrogen-bond acceptors (Lipinski definition) is 6. The van der Waals surface area contributed by atoms with Crippen molar-refractivity contribution in [1.82, 2.24) is 14.8 Å². The third-order valence-electron chi connectivity index (χ3n) is 3.28. The number of methoxy groups -OCH3 is 1. The Kier molecular flexibility index (Phi) is 5.41. The Morgan fingerprint density at radius 1 is 1.43 bits per heavy atom. The average Bonchev–Trinajstić information content (AvgIpc) is 3.06. The molecule has 2 heterocycles. The molecule has 0 saturated heterocycles. The predicted octanol–water partition coefficient (Wildman–Crippen LogP) is 3.16. The number of aromatic nitrogens is 3. The zero-order chi connectivity index (χ0) is 15.4. The molecule has 0 radical (unpaired) electrons. The van der Waals surface area contributed by atoms with Crippen LogP contribution in [0.1, 0.15) is 24.3 Å². The standard InChI is InChI=1S/C14H19N3O2S2/c1-5-10-9(3)20-7-11(10)13-15-16-14(17(13)6-2)21-8-12(18)19-4/h7H,5-6,8H2,1-4H3. The first-order valence-electron chi connectivity index (χ1n) is 6.82. The van der Waals surface area contributed by atoms with Crippen LogP contribution in [0, 0.1) is 6.92 Å². The molecule has 0 bridgehead atoms. The first-order chi connectivity index (χ1) is 10.1. The summed E-state index contributed by atoms with van der Waals surface area (Å²) in [5.74, 6) is 0.872. The second-order valence-corrected chi connectivity index (χ2v) is 6.48. The fourth-order valence-electron chi connectivity index (χ4n) is 2.17. The van der Waals surface area contributed by atoms with Crippen LogP contribution < -0.4 is 0 Å². The molecule has 0 aliphatic carbocycles. The SMILES string of the molecule is CCc1c(-c2nnc(SCC(=O)OC)n2CC)csc1C. The molecule has 114 valence electrons. The maximum Gasteiger partial charge on any atom is 0.316 e.